The van der Waals surface area contributed by atoms with Crippen molar-refractivity contribution in [3.05, 3.63) is 77.0 Å². The fourth-order valence-corrected chi connectivity index (χ4v) is 2.89. The number of furan rings is 1. The van der Waals surface area contributed by atoms with Crippen LogP contribution in [0.5, 0.6) is 0 Å². The molecule has 0 fully saturated rings. The van der Waals surface area contributed by atoms with Crippen molar-refractivity contribution in [2.45, 2.75) is 6.54 Å². The number of hydrogen-bond acceptors (Lipinski definition) is 4. The first kappa shape index (κ1) is 15.6. The van der Waals surface area contributed by atoms with E-state index in [4.69, 9.17) is 4.42 Å². The maximum absolute atomic E-state index is 12.4. The number of halogens is 1. The van der Waals surface area contributed by atoms with Crippen molar-refractivity contribution < 1.29 is 9.21 Å². The Bertz CT molecular complexity index is 1020. The maximum atomic E-state index is 12.4. The predicted molar refractivity (Wildman–Crippen MR) is 97.4 cm³/mol. The molecule has 2 heterocycles. The molecule has 0 radical (unpaired) electrons. The molecule has 7 heteroatoms. The zero-order valence-electron chi connectivity index (χ0n) is 13.0. The lowest BCUT2D eigenvalue weighted by Gasteiger charge is -2.05. The van der Waals surface area contributed by atoms with E-state index in [1.165, 1.54) is 6.33 Å². The highest BCUT2D eigenvalue weighted by molar-refractivity contribution is 9.10. The average molecular weight is 397 g/mol. The number of aromatic nitrogens is 3. The Morgan fingerprint density at radius 3 is 2.76 bits per heavy atom. The summed E-state index contributed by atoms with van der Waals surface area (Å²) < 4.78 is 8.28. The molecule has 1 N–H and O–H groups in total. The van der Waals surface area contributed by atoms with Crippen LogP contribution in [0.2, 0.25) is 0 Å². The van der Waals surface area contributed by atoms with E-state index in [-0.39, 0.29) is 11.7 Å². The number of hydrogen-bond donors (Lipinski definition) is 1. The van der Waals surface area contributed by atoms with Gasteiger partial charge in [-0.3, -0.25) is 4.79 Å². The van der Waals surface area contributed by atoms with Gasteiger partial charge in [-0.05, 0) is 42.0 Å². The monoisotopic (exact) mass is 396 g/mol. The number of anilines is 1. The molecule has 0 spiro atoms. The fourth-order valence-electron chi connectivity index (χ4n) is 2.51. The average Bonchev–Trinajstić information content (AvgIpc) is 3.25. The number of amides is 1. The number of rotatable bonds is 4. The van der Waals surface area contributed by atoms with Gasteiger partial charge in [0.15, 0.2) is 5.76 Å². The lowest BCUT2D eigenvalue weighted by atomic mass is 10.2. The summed E-state index contributed by atoms with van der Waals surface area (Å²) in [5.41, 5.74) is 2.45. The third-order valence-corrected chi connectivity index (χ3v) is 4.22. The Labute approximate surface area is 151 Å². The van der Waals surface area contributed by atoms with E-state index in [2.05, 4.69) is 31.3 Å². The van der Waals surface area contributed by atoms with Crippen molar-refractivity contribution in [2.24, 2.45) is 0 Å². The van der Waals surface area contributed by atoms with E-state index in [0.29, 0.717) is 17.8 Å². The van der Waals surface area contributed by atoms with Crippen LogP contribution < -0.4 is 5.32 Å². The highest BCUT2D eigenvalue weighted by Crippen LogP contribution is 2.24. The van der Waals surface area contributed by atoms with Gasteiger partial charge in [-0.1, -0.05) is 28.1 Å². The molecule has 0 aliphatic carbocycles. The Hall–Kier alpha value is -2.93. The summed E-state index contributed by atoms with van der Waals surface area (Å²) in [6, 6.07) is 14.9. The van der Waals surface area contributed by atoms with Crippen molar-refractivity contribution in [1.29, 1.82) is 0 Å². The van der Waals surface area contributed by atoms with Crippen LogP contribution in [-0.2, 0) is 6.54 Å². The highest BCUT2D eigenvalue weighted by atomic mass is 79.9. The molecule has 6 nitrogen and oxygen atoms in total. The van der Waals surface area contributed by atoms with Gasteiger partial charge in [0.05, 0.1) is 6.54 Å². The van der Waals surface area contributed by atoms with Gasteiger partial charge in [-0.25, -0.2) is 9.67 Å². The molecule has 0 aliphatic heterocycles. The summed E-state index contributed by atoms with van der Waals surface area (Å²) in [6.07, 6.45) is 3.16. The van der Waals surface area contributed by atoms with E-state index in [1.807, 2.05) is 42.5 Å². The zero-order chi connectivity index (χ0) is 17.2. The molecule has 124 valence electrons. The zero-order valence-corrected chi connectivity index (χ0v) is 14.6. The fraction of sp³-hybridized carbons (Fsp3) is 0.0556. The summed E-state index contributed by atoms with van der Waals surface area (Å²) in [6.45, 7) is 0.632. The van der Waals surface area contributed by atoms with Crippen LogP contribution in [0.4, 0.5) is 5.69 Å². The second-order valence-corrected chi connectivity index (χ2v) is 6.45. The quantitative estimate of drug-likeness (QED) is 0.563. The van der Waals surface area contributed by atoms with Crippen molar-refractivity contribution in [1.82, 2.24) is 14.8 Å². The van der Waals surface area contributed by atoms with Crippen LogP contribution in [0.25, 0.3) is 11.0 Å². The Balaban J connectivity index is 1.47. The first-order valence-electron chi connectivity index (χ1n) is 7.59. The number of nitrogens with zero attached hydrogens (tertiary/aromatic N) is 3. The van der Waals surface area contributed by atoms with E-state index in [0.717, 1.165) is 15.4 Å². The summed E-state index contributed by atoms with van der Waals surface area (Å²) in [7, 11) is 0. The van der Waals surface area contributed by atoms with E-state index in [1.54, 1.807) is 17.1 Å². The standard InChI is InChI=1S/C18H13BrN4O2/c19-14-3-6-16-13(7-14)8-17(25-16)18(24)22-15-4-1-12(2-5-15)9-23-11-20-10-21-23/h1-8,10-11H,9H2,(H,22,24). The minimum absolute atomic E-state index is 0.278. The largest absolute Gasteiger partial charge is 0.451 e. The van der Waals surface area contributed by atoms with Gasteiger partial charge in [0.2, 0.25) is 0 Å². The second-order valence-electron chi connectivity index (χ2n) is 5.54. The van der Waals surface area contributed by atoms with Crippen LogP contribution in [0, 0.1) is 0 Å². The van der Waals surface area contributed by atoms with Gasteiger partial charge in [0.1, 0.15) is 18.2 Å². The molecular formula is C18H13BrN4O2. The summed E-state index contributed by atoms with van der Waals surface area (Å²) in [4.78, 5) is 16.3. The Morgan fingerprint density at radius 2 is 2.00 bits per heavy atom. The number of carbonyl (C=O) groups excluding carboxylic acids is 1. The van der Waals surface area contributed by atoms with E-state index in [9.17, 15) is 4.79 Å². The summed E-state index contributed by atoms with van der Waals surface area (Å²) in [5.74, 6) is -0.00357. The number of carbonyl (C=O) groups is 1. The molecule has 0 saturated carbocycles. The van der Waals surface area contributed by atoms with Gasteiger partial charge in [-0.15, -0.1) is 0 Å². The van der Waals surface area contributed by atoms with Gasteiger partial charge in [-0.2, -0.15) is 5.10 Å². The molecule has 0 saturated heterocycles. The van der Waals surface area contributed by atoms with Crippen LogP contribution >= 0.6 is 15.9 Å². The number of benzene rings is 2. The van der Waals surface area contributed by atoms with Gasteiger partial charge in [0.25, 0.3) is 5.91 Å². The molecule has 0 unspecified atom stereocenters. The van der Waals surface area contributed by atoms with Crippen LogP contribution in [0.15, 0.2) is 70.1 Å². The third kappa shape index (κ3) is 3.46. The van der Waals surface area contributed by atoms with Gasteiger partial charge >= 0.3 is 0 Å². The van der Waals surface area contributed by atoms with Crippen molar-refractivity contribution in [3.63, 3.8) is 0 Å². The van der Waals surface area contributed by atoms with Gasteiger partial charge in [0, 0.05) is 15.5 Å². The lowest BCUT2D eigenvalue weighted by Crippen LogP contribution is -2.10. The Morgan fingerprint density at radius 1 is 1.16 bits per heavy atom. The first-order valence-corrected chi connectivity index (χ1v) is 8.38. The van der Waals surface area contributed by atoms with Crippen molar-refractivity contribution >= 4 is 38.5 Å². The van der Waals surface area contributed by atoms with Crippen molar-refractivity contribution in [3.8, 4) is 0 Å². The SMILES string of the molecule is O=C(Nc1ccc(Cn2cncn2)cc1)c1cc2cc(Br)ccc2o1. The van der Waals surface area contributed by atoms with E-state index < -0.39 is 0 Å². The van der Waals surface area contributed by atoms with Gasteiger partial charge < -0.3 is 9.73 Å². The normalized spacial score (nSPS) is 10.9. The molecule has 0 atom stereocenters. The molecule has 4 rings (SSSR count). The van der Waals surface area contributed by atoms with Crippen LogP contribution in [0.3, 0.4) is 0 Å². The molecule has 0 bridgehead atoms. The first-order chi connectivity index (χ1) is 12.2. The summed E-state index contributed by atoms with van der Waals surface area (Å²) in [5, 5.41) is 7.79. The molecular weight excluding hydrogens is 384 g/mol. The lowest BCUT2D eigenvalue weighted by molar-refractivity contribution is 0.0998. The minimum atomic E-state index is -0.281. The molecule has 0 aliphatic rings. The third-order valence-electron chi connectivity index (χ3n) is 3.73. The van der Waals surface area contributed by atoms with Crippen LogP contribution in [0.1, 0.15) is 16.1 Å². The van der Waals surface area contributed by atoms with Crippen LogP contribution in [-0.4, -0.2) is 20.7 Å². The summed E-state index contributed by atoms with van der Waals surface area (Å²) >= 11 is 3.41. The maximum Gasteiger partial charge on any atom is 0.291 e. The smallest absolute Gasteiger partial charge is 0.291 e. The number of fused-ring (bicyclic) bond motifs is 1. The minimum Gasteiger partial charge on any atom is -0.451 e. The molecule has 2 aromatic carbocycles. The highest BCUT2D eigenvalue weighted by Gasteiger charge is 2.12. The van der Waals surface area contributed by atoms with E-state index >= 15 is 0 Å². The predicted octanol–water partition coefficient (Wildman–Crippen LogP) is 4.09. The molecule has 4 aromatic rings. The molecule has 2 aromatic heterocycles. The topological polar surface area (TPSA) is 73.0 Å². The molecule has 25 heavy (non-hydrogen) atoms. The Kier molecular flexibility index (Phi) is 4.07. The molecule has 1 amide bonds. The van der Waals surface area contributed by atoms with Crippen molar-refractivity contribution in [2.75, 3.05) is 5.32 Å². The number of nitrogens with one attached hydrogen (secondary N) is 1. The second kappa shape index (κ2) is 6.52.